The van der Waals surface area contributed by atoms with Gasteiger partial charge >= 0.3 is 0 Å². The van der Waals surface area contributed by atoms with Gasteiger partial charge in [0, 0.05) is 24.7 Å². The minimum Gasteiger partial charge on any atom is -0.326 e. The molecule has 2 heteroatoms. The number of rotatable bonds is 3. The zero-order chi connectivity index (χ0) is 11.5. The van der Waals surface area contributed by atoms with Crippen molar-refractivity contribution in [1.82, 2.24) is 4.90 Å². The Hall–Kier alpha value is -0.860. The number of nitrogens with zero attached hydrogens (tertiary/aromatic N) is 1. The maximum absolute atomic E-state index is 6.07. The summed E-state index contributed by atoms with van der Waals surface area (Å²) in [5.41, 5.74) is 7.49. The third kappa shape index (κ3) is 2.63. The highest BCUT2D eigenvalue weighted by Crippen LogP contribution is 2.22. The van der Waals surface area contributed by atoms with E-state index in [1.807, 2.05) is 0 Å². The molecule has 2 unspecified atom stereocenters. The van der Waals surface area contributed by atoms with Crippen molar-refractivity contribution < 1.29 is 0 Å². The molecule has 2 N–H and O–H groups in total. The molecule has 1 heterocycles. The summed E-state index contributed by atoms with van der Waals surface area (Å²) in [5.74, 6) is 0. The summed E-state index contributed by atoms with van der Waals surface area (Å²) in [5, 5.41) is 0. The summed E-state index contributed by atoms with van der Waals surface area (Å²) in [4.78, 5) is 2.54. The molecule has 0 radical (unpaired) electrons. The van der Waals surface area contributed by atoms with E-state index >= 15 is 0 Å². The van der Waals surface area contributed by atoms with Crippen LogP contribution in [-0.4, -0.2) is 29.6 Å². The van der Waals surface area contributed by atoms with E-state index in [1.165, 1.54) is 5.56 Å². The molecule has 1 aromatic rings. The van der Waals surface area contributed by atoms with Gasteiger partial charge in [0.1, 0.15) is 0 Å². The first kappa shape index (κ1) is 11.6. The summed E-state index contributed by atoms with van der Waals surface area (Å²) in [6, 6.07) is 12.3. The molecule has 1 fully saturated rings. The number of likely N-dealkylation sites (tertiary alicyclic amines) is 1. The Morgan fingerprint density at radius 3 is 2.62 bits per heavy atom. The quantitative estimate of drug-likeness (QED) is 0.841. The SMILES string of the molecule is CC(C)N1CC(N)CC1Cc1ccccc1. The molecule has 2 rings (SSSR count). The predicted octanol–water partition coefficient (Wildman–Crippen LogP) is 2.04. The first-order valence-corrected chi connectivity index (χ1v) is 6.22. The highest BCUT2D eigenvalue weighted by molar-refractivity contribution is 5.16. The van der Waals surface area contributed by atoms with Crippen LogP contribution in [0.4, 0.5) is 0 Å². The second kappa shape index (κ2) is 4.98. The van der Waals surface area contributed by atoms with E-state index in [2.05, 4.69) is 49.1 Å². The summed E-state index contributed by atoms with van der Waals surface area (Å²) in [7, 11) is 0. The third-order valence-electron chi connectivity index (χ3n) is 3.47. The van der Waals surface area contributed by atoms with Gasteiger partial charge in [0.15, 0.2) is 0 Å². The maximum Gasteiger partial charge on any atom is 0.0183 e. The van der Waals surface area contributed by atoms with Crippen LogP contribution in [0.3, 0.4) is 0 Å². The fourth-order valence-electron chi connectivity index (χ4n) is 2.70. The number of hydrogen-bond donors (Lipinski definition) is 1. The van der Waals surface area contributed by atoms with E-state index in [9.17, 15) is 0 Å². The second-order valence-electron chi connectivity index (χ2n) is 5.13. The van der Waals surface area contributed by atoms with Gasteiger partial charge in [-0.1, -0.05) is 30.3 Å². The lowest BCUT2D eigenvalue weighted by Crippen LogP contribution is -2.37. The van der Waals surface area contributed by atoms with E-state index in [4.69, 9.17) is 5.73 Å². The lowest BCUT2D eigenvalue weighted by atomic mass is 10.0. The van der Waals surface area contributed by atoms with Gasteiger partial charge < -0.3 is 5.73 Å². The van der Waals surface area contributed by atoms with Crippen molar-refractivity contribution in [2.45, 2.75) is 44.8 Å². The summed E-state index contributed by atoms with van der Waals surface area (Å²) >= 11 is 0. The molecule has 0 aromatic heterocycles. The molecule has 1 aliphatic rings. The van der Waals surface area contributed by atoms with E-state index in [-0.39, 0.29) is 0 Å². The van der Waals surface area contributed by atoms with Crippen LogP contribution in [0.2, 0.25) is 0 Å². The van der Waals surface area contributed by atoms with Crippen LogP contribution in [0.1, 0.15) is 25.8 Å². The van der Waals surface area contributed by atoms with Crippen LogP contribution < -0.4 is 5.73 Å². The summed E-state index contributed by atoms with van der Waals surface area (Å²) in [6.07, 6.45) is 2.26. The van der Waals surface area contributed by atoms with Crippen LogP contribution in [0.15, 0.2) is 30.3 Å². The lowest BCUT2D eigenvalue weighted by Gasteiger charge is -2.28. The Morgan fingerprint density at radius 1 is 1.31 bits per heavy atom. The molecule has 1 aromatic carbocycles. The minimum atomic E-state index is 0.358. The van der Waals surface area contributed by atoms with Gasteiger partial charge in [0.2, 0.25) is 0 Å². The van der Waals surface area contributed by atoms with Crippen molar-refractivity contribution in [3.05, 3.63) is 35.9 Å². The smallest absolute Gasteiger partial charge is 0.0183 e. The predicted molar refractivity (Wildman–Crippen MR) is 68.4 cm³/mol. The number of nitrogens with two attached hydrogens (primary N) is 1. The first-order valence-electron chi connectivity index (χ1n) is 6.22. The van der Waals surface area contributed by atoms with Crippen molar-refractivity contribution in [1.29, 1.82) is 0 Å². The molecule has 2 nitrogen and oxygen atoms in total. The average molecular weight is 218 g/mol. The van der Waals surface area contributed by atoms with Crippen molar-refractivity contribution in [2.24, 2.45) is 5.73 Å². The molecule has 0 aliphatic carbocycles. The standard InChI is InChI=1S/C14H22N2/c1-11(2)16-10-13(15)9-14(16)8-12-6-4-3-5-7-12/h3-7,11,13-14H,8-10,15H2,1-2H3. The first-order chi connectivity index (χ1) is 7.66. The van der Waals surface area contributed by atoms with Crippen LogP contribution in [0.25, 0.3) is 0 Å². The highest BCUT2D eigenvalue weighted by atomic mass is 15.2. The molecular formula is C14H22N2. The highest BCUT2D eigenvalue weighted by Gasteiger charge is 2.31. The lowest BCUT2D eigenvalue weighted by molar-refractivity contribution is 0.201. The van der Waals surface area contributed by atoms with Gasteiger partial charge in [-0.15, -0.1) is 0 Å². The Morgan fingerprint density at radius 2 is 2.00 bits per heavy atom. The molecule has 1 saturated heterocycles. The van der Waals surface area contributed by atoms with Crippen LogP contribution in [0, 0.1) is 0 Å². The fourth-order valence-corrected chi connectivity index (χ4v) is 2.70. The zero-order valence-corrected chi connectivity index (χ0v) is 10.3. The molecule has 0 saturated carbocycles. The second-order valence-corrected chi connectivity index (χ2v) is 5.13. The van der Waals surface area contributed by atoms with Crippen molar-refractivity contribution in [3.8, 4) is 0 Å². The van der Waals surface area contributed by atoms with Crippen molar-refractivity contribution in [3.63, 3.8) is 0 Å². The minimum absolute atomic E-state index is 0.358. The monoisotopic (exact) mass is 218 g/mol. The topological polar surface area (TPSA) is 29.3 Å². The van der Waals surface area contributed by atoms with Crippen molar-refractivity contribution >= 4 is 0 Å². The normalized spacial score (nSPS) is 26.5. The average Bonchev–Trinajstić information content (AvgIpc) is 2.61. The van der Waals surface area contributed by atoms with E-state index in [0.717, 1.165) is 19.4 Å². The van der Waals surface area contributed by atoms with Crippen molar-refractivity contribution in [2.75, 3.05) is 6.54 Å². The summed E-state index contributed by atoms with van der Waals surface area (Å²) in [6.45, 7) is 5.57. The molecule has 88 valence electrons. The Balaban J connectivity index is 2.03. The van der Waals surface area contributed by atoms with Gasteiger partial charge in [-0.05, 0) is 32.3 Å². The van der Waals surface area contributed by atoms with E-state index in [0.29, 0.717) is 18.1 Å². The van der Waals surface area contributed by atoms with Gasteiger partial charge in [-0.25, -0.2) is 0 Å². The van der Waals surface area contributed by atoms with Crippen LogP contribution in [-0.2, 0) is 6.42 Å². The fraction of sp³-hybridized carbons (Fsp3) is 0.571. The van der Waals surface area contributed by atoms with Gasteiger partial charge in [-0.2, -0.15) is 0 Å². The summed E-state index contributed by atoms with van der Waals surface area (Å²) < 4.78 is 0. The molecule has 0 spiro atoms. The molecule has 16 heavy (non-hydrogen) atoms. The number of benzene rings is 1. The third-order valence-corrected chi connectivity index (χ3v) is 3.47. The van der Waals surface area contributed by atoms with Gasteiger partial charge in [-0.3, -0.25) is 4.90 Å². The van der Waals surface area contributed by atoms with Gasteiger partial charge in [0.05, 0.1) is 0 Å². The van der Waals surface area contributed by atoms with Crippen LogP contribution in [0.5, 0.6) is 0 Å². The molecule has 0 amide bonds. The van der Waals surface area contributed by atoms with Crippen LogP contribution >= 0.6 is 0 Å². The molecular weight excluding hydrogens is 196 g/mol. The Bertz CT molecular complexity index is 321. The maximum atomic E-state index is 6.07. The Labute approximate surface area is 98.4 Å². The molecule has 2 atom stereocenters. The number of hydrogen-bond acceptors (Lipinski definition) is 2. The molecule has 1 aliphatic heterocycles. The molecule has 0 bridgehead atoms. The largest absolute Gasteiger partial charge is 0.326 e. The zero-order valence-electron chi connectivity index (χ0n) is 10.3. The van der Waals surface area contributed by atoms with E-state index in [1.54, 1.807) is 0 Å². The van der Waals surface area contributed by atoms with Gasteiger partial charge in [0.25, 0.3) is 0 Å². The Kier molecular flexibility index (Phi) is 3.62. The van der Waals surface area contributed by atoms with E-state index < -0.39 is 0 Å².